The standard InChI is InChI=1S/C29H42F2N6O3/c1-5-34-15-17-35(18-16-34)12-6-11-32-27(38)23-20-33-37(25-8-7-22(30)19-24(25)31)26(23)21-9-13-36(14-10-21)28(39)40-29(2,3)4/h7-8,19-21H,5-6,9-18H2,1-4H3,(H,32,38). The lowest BCUT2D eigenvalue weighted by atomic mass is 9.90. The number of carbonyl (C=O) groups excluding carboxylic acids is 2. The first-order valence-corrected chi connectivity index (χ1v) is 14.3. The number of benzene rings is 1. The minimum atomic E-state index is -0.759. The molecule has 1 aromatic heterocycles. The van der Waals surface area contributed by atoms with Gasteiger partial charge >= 0.3 is 6.09 Å². The molecule has 0 radical (unpaired) electrons. The minimum Gasteiger partial charge on any atom is -0.444 e. The first-order chi connectivity index (χ1) is 19.1. The lowest BCUT2D eigenvalue weighted by Gasteiger charge is -2.34. The van der Waals surface area contributed by atoms with Gasteiger partial charge in [0.05, 0.1) is 17.5 Å². The first-order valence-electron chi connectivity index (χ1n) is 14.3. The summed E-state index contributed by atoms with van der Waals surface area (Å²) >= 11 is 0. The van der Waals surface area contributed by atoms with Crippen LogP contribution in [0.3, 0.4) is 0 Å². The van der Waals surface area contributed by atoms with Gasteiger partial charge in [0.15, 0.2) is 5.82 Å². The van der Waals surface area contributed by atoms with Gasteiger partial charge in [0.2, 0.25) is 0 Å². The fourth-order valence-corrected chi connectivity index (χ4v) is 5.36. The van der Waals surface area contributed by atoms with E-state index in [0.717, 1.165) is 51.8 Å². The summed E-state index contributed by atoms with van der Waals surface area (Å²) in [5, 5.41) is 7.38. The van der Waals surface area contributed by atoms with Crippen LogP contribution in [0.2, 0.25) is 0 Å². The summed E-state index contributed by atoms with van der Waals surface area (Å²) in [7, 11) is 0. The second kappa shape index (κ2) is 13.1. The Bertz CT molecular complexity index is 1170. The second-order valence-electron chi connectivity index (χ2n) is 11.6. The maximum Gasteiger partial charge on any atom is 0.410 e. The second-order valence-corrected chi connectivity index (χ2v) is 11.6. The zero-order valence-electron chi connectivity index (χ0n) is 24.1. The van der Waals surface area contributed by atoms with E-state index in [1.165, 1.54) is 23.0 Å². The number of aromatic nitrogens is 2. The summed E-state index contributed by atoms with van der Waals surface area (Å²) in [4.78, 5) is 32.4. The van der Waals surface area contributed by atoms with Crippen molar-refractivity contribution in [2.45, 2.75) is 58.5 Å². The maximum atomic E-state index is 14.8. The van der Waals surface area contributed by atoms with Crippen LogP contribution in [0.1, 0.15) is 68.9 Å². The highest BCUT2D eigenvalue weighted by molar-refractivity contribution is 5.95. The number of hydrogen-bond donors (Lipinski definition) is 1. The van der Waals surface area contributed by atoms with Crippen LogP contribution in [0.15, 0.2) is 24.4 Å². The van der Waals surface area contributed by atoms with Gasteiger partial charge in [-0.15, -0.1) is 0 Å². The van der Waals surface area contributed by atoms with E-state index in [4.69, 9.17) is 4.74 Å². The van der Waals surface area contributed by atoms with Crippen LogP contribution in [-0.2, 0) is 4.74 Å². The zero-order chi connectivity index (χ0) is 28.9. The van der Waals surface area contributed by atoms with E-state index in [0.29, 0.717) is 43.7 Å². The van der Waals surface area contributed by atoms with Gasteiger partial charge in [0, 0.05) is 57.8 Å². The molecule has 40 heavy (non-hydrogen) atoms. The van der Waals surface area contributed by atoms with Crippen molar-refractivity contribution in [3.8, 4) is 5.69 Å². The van der Waals surface area contributed by atoms with E-state index in [1.807, 2.05) is 20.8 Å². The molecule has 2 fully saturated rings. The van der Waals surface area contributed by atoms with Gasteiger partial charge in [-0.2, -0.15) is 5.10 Å². The Morgan fingerprint density at radius 3 is 2.35 bits per heavy atom. The average Bonchev–Trinajstić information content (AvgIpc) is 3.35. The number of likely N-dealkylation sites (N-methyl/N-ethyl adjacent to an activating group) is 1. The highest BCUT2D eigenvalue weighted by Crippen LogP contribution is 2.33. The van der Waals surface area contributed by atoms with E-state index >= 15 is 0 Å². The van der Waals surface area contributed by atoms with Crippen molar-refractivity contribution in [3.05, 3.63) is 47.3 Å². The first kappa shape index (κ1) is 29.9. The molecule has 2 aliphatic rings. The summed E-state index contributed by atoms with van der Waals surface area (Å²) in [6.07, 6.45) is 3.01. The van der Waals surface area contributed by atoms with E-state index in [-0.39, 0.29) is 23.6 Å². The molecule has 1 N–H and O–H groups in total. The normalized spacial score (nSPS) is 17.7. The van der Waals surface area contributed by atoms with Crippen molar-refractivity contribution in [1.82, 2.24) is 29.8 Å². The van der Waals surface area contributed by atoms with Gasteiger partial charge in [-0.1, -0.05) is 6.92 Å². The summed E-state index contributed by atoms with van der Waals surface area (Å²) in [5.41, 5.74) is 0.427. The van der Waals surface area contributed by atoms with Crippen LogP contribution in [0.5, 0.6) is 0 Å². The smallest absolute Gasteiger partial charge is 0.410 e. The van der Waals surface area contributed by atoms with E-state index in [9.17, 15) is 18.4 Å². The number of halogens is 2. The molecule has 2 amide bonds. The molecule has 11 heteroatoms. The molecular formula is C29H42F2N6O3. The molecule has 0 spiro atoms. The number of nitrogens with zero attached hydrogens (tertiary/aromatic N) is 5. The molecule has 2 saturated heterocycles. The Morgan fingerprint density at radius 2 is 1.73 bits per heavy atom. The van der Waals surface area contributed by atoms with E-state index in [1.54, 1.807) is 4.90 Å². The van der Waals surface area contributed by atoms with Gasteiger partial charge in [-0.3, -0.25) is 4.79 Å². The molecule has 0 saturated carbocycles. The Kier molecular flexibility index (Phi) is 9.78. The molecule has 0 unspecified atom stereocenters. The van der Waals surface area contributed by atoms with Crippen molar-refractivity contribution in [3.63, 3.8) is 0 Å². The SMILES string of the molecule is CCN1CCN(CCCNC(=O)c2cnn(-c3ccc(F)cc3F)c2C2CCN(C(=O)OC(C)(C)C)CC2)CC1. The number of likely N-dealkylation sites (tertiary alicyclic amines) is 1. The van der Waals surface area contributed by atoms with Crippen molar-refractivity contribution in [1.29, 1.82) is 0 Å². The van der Waals surface area contributed by atoms with Crippen LogP contribution in [0, 0.1) is 11.6 Å². The van der Waals surface area contributed by atoms with Gasteiger partial charge in [0.1, 0.15) is 17.1 Å². The zero-order valence-corrected chi connectivity index (χ0v) is 24.1. The predicted molar refractivity (Wildman–Crippen MR) is 149 cm³/mol. The average molecular weight is 561 g/mol. The molecule has 4 rings (SSSR count). The van der Waals surface area contributed by atoms with Gasteiger partial charge in [-0.25, -0.2) is 18.3 Å². The number of amides is 2. The number of piperidine rings is 1. The molecule has 2 aromatic rings. The number of rotatable bonds is 8. The quantitative estimate of drug-likeness (QED) is 0.491. The fraction of sp³-hybridized carbons (Fsp3) is 0.621. The van der Waals surface area contributed by atoms with Gasteiger partial charge in [-0.05, 0) is 65.3 Å². The van der Waals surface area contributed by atoms with Crippen molar-refractivity contribution in [2.24, 2.45) is 0 Å². The van der Waals surface area contributed by atoms with Gasteiger partial charge in [0.25, 0.3) is 5.91 Å². The molecular weight excluding hydrogens is 518 g/mol. The summed E-state index contributed by atoms with van der Waals surface area (Å²) < 4.78 is 35.4. The third-order valence-corrected chi connectivity index (χ3v) is 7.57. The highest BCUT2D eigenvalue weighted by Gasteiger charge is 2.32. The molecule has 220 valence electrons. The summed E-state index contributed by atoms with van der Waals surface area (Å²) in [6.45, 7) is 15.2. The van der Waals surface area contributed by atoms with Crippen LogP contribution in [0.25, 0.3) is 5.69 Å². The lowest BCUT2D eigenvalue weighted by Crippen LogP contribution is -2.46. The van der Waals surface area contributed by atoms with Crippen LogP contribution in [0.4, 0.5) is 13.6 Å². The van der Waals surface area contributed by atoms with Crippen LogP contribution in [-0.4, -0.2) is 101 Å². The van der Waals surface area contributed by atoms with E-state index < -0.39 is 17.2 Å². The fourth-order valence-electron chi connectivity index (χ4n) is 5.36. The van der Waals surface area contributed by atoms with Crippen LogP contribution >= 0.6 is 0 Å². The molecule has 9 nitrogen and oxygen atoms in total. The van der Waals surface area contributed by atoms with Crippen LogP contribution < -0.4 is 5.32 Å². The van der Waals surface area contributed by atoms with E-state index in [2.05, 4.69) is 27.1 Å². The lowest BCUT2D eigenvalue weighted by molar-refractivity contribution is 0.0203. The topological polar surface area (TPSA) is 82.9 Å². The summed E-state index contributed by atoms with van der Waals surface area (Å²) in [5.74, 6) is -1.87. The van der Waals surface area contributed by atoms with Crippen molar-refractivity contribution >= 4 is 12.0 Å². The molecule has 2 aliphatic heterocycles. The number of hydrogen-bond acceptors (Lipinski definition) is 6. The summed E-state index contributed by atoms with van der Waals surface area (Å²) in [6, 6.07) is 3.32. The monoisotopic (exact) mass is 560 g/mol. The third kappa shape index (κ3) is 7.57. The van der Waals surface area contributed by atoms with Crippen molar-refractivity contribution in [2.75, 3.05) is 58.9 Å². The number of ether oxygens (including phenoxy) is 1. The number of nitrogens with one attached hydrogen (secondary N) is 1. The number of carbonyl (C=O) groups is 2. The van der Waals surface area contributed by atoms with Gasteiger partial charge < -0.3 is 24.8 Å². The van der Waals surface area contributed by atoms with Crippen molar-refractivity contribution < 1.29 is 23.1 Å². The largest absolute Gasteiger partial charge is 0.444 e. The maximum absolute atomic E-state index is 14.8. The Hall–Kier alpha value is -3.05. The Morgan fingerprint density at radius 1 is 1.05 bits per heavy atom. The molecule has 0 atom stereocenters. The predicted octanol–water partition coefficient (Wildman–Crippen LogP) is 4.02. The molecule has 1 aromatic carbocycles. The number of piperazine rings is 1. The highest BCUT2D eigenvalue weighted by atomic mass is 19.1. The Balaban J connectivity index is 1.45. The Labute approximate surface area is 235 Å². The molecule has 0 bridgehead atoms. The third-order valence-electron chi connectivity index (χ3n) is 7.57. The molecule has 3 heterocycles. The minimum absolute atomic E-state index is 0.0799. The molecule has 0 aliphatic carbocycles.